The molecular weight excluding hydrogens is 412 g/mol. The van der Waals surface area contributed by atoms with Crippen molar-refractivity contribution in [3.63, 3.8) is 0 Å². The van der Waals surface area contributed by atoms with Crippen LogP contribution in [0.25, 0.3) is 0 Å². The Labute approximate surface area is 164 Å². The van der Waals surface area contributed by atoms with Crippen LogP contribution in [0.3, 0.4) is 0 Å². The Hall–Kier alpha value is -3.92. The summed E-state index contributed by atoms with van der Waals surface area (Å²) in [6.07, 6.45) is -1.70. The maximum Gasteiger partial charge on any atom is 0.359 e. The first-order chi connectivity index (χ1) is 14.2. The third-order valence-corrected chi connectivity index (χ3v) is 4.83. The maximum atomic E-state index is 11.5. The predicted molar refractivity (Wildman–Crippen MR) is 85.4 cm³/mol. The summed E-state index contributed by atoms with van der Waals surface area (Å²) in [6.45, 7) is -0.283. The lowest BCUT2D eigenvalue weighted by Gasteiger charge is -2.18. The summed E-state index contributed by atoms with van der Waals surface area (Å²) in [5.41, 5.74) is -2.83. The first-order valence-corrected chi connectivity index (χ1v) is 8.29. The second-order valence-electron chi connectivity index (χ2n) is 6.41. The van der Waals surface area contributed by atoms with Gasteiger partial charge in [-0.2, -0.15) is 0 Å². The molecule has 30 heavy (non-hydrogen) atoms. The molecule has 4 atom stereocenters. The zero-order valence-corrected chi connectivity index (χ0v) is 14.6. The van der Waals surface area contributed by atoms with Gasteiger partial charge in [-0.3, -0.25) is 0 Å². The largest absolute Gasteiger partial charge is 0.476 e. The van der Waals surface area contributed by atoms with E-state index in [1.165, 1.54) is 0 Å². The smallest absolute Gasteiger partial charge is 0.359 e. The molecule has 2 saturated heterocycles. The number of carboxylic acid groups (broad SMARTS) is 4. The number of aromatic carboxylic acids is 4. The van der Waals surface area contributed by atoms with Gasteiger partial charge in [0, 0.05) is 0 Å². The van der Waals surface area contributed by atoms with Crippen molar-refractivity contribution >= 4 is 23.9 Å². The predicted octanol–water partition coefficient (Wildman–Crippen LogP) is -1.76. The van der Waals surface area contributed by atoms with Gasteiger partial charge in [0.15, 0.2) is 11.4 Å². The maximum absolute atomic E-state index is 11.5. The van der Waals surface area contributed by atoms with E-state index in [2.05, 4.69) is 20.6 Å². The number of hydrogen-bond donors (Lipinski definition) is 4. The van der Waals surface area contributed by atoms with Gasteiger partial charge in [-0.25, -0.2) is 28.5 Å². The van der Waals surface area contributed by atoms with Crippen molar-refractivity contribution in [2.45, 2.75) is 24.3 Å². The molecule has 158 valence electrons. The molecular formula is C14H12N6O10. The van der Waals surface area contributed by atoms with Crippen LogP contribution in [0, 0.1) is 0 Å². The van der Waals surface area contributed by atoms with Crippen molar-refractivity contribution in [2.75, 3.05) is 13.2 Å². The first kappa shape index (κ1) is 19.4. The second-order valence-corrected chi connectivity index (χ2v) is 6.41. The van der Waals surface area contributed by atoms with Crippen molar-refractivity contribution in [1.29, 1.82) is 0 Å². The van der Waals surface area contributed by atoms with Gasteiger partial charge < -0.3 is 29.9 Å². The highest BCUT2D eigenvalue weighted by Crippen LogP contribution is 2.40. The number of ether oxygens (including phenoxy) is 2. The van der Waals surface area contributed by atoms with Crippen LogP contribution in [0.5, 0.6) is 0 Å². The van der Waals surface area contributed by atoms with Crippen LogP contribution in [-0.2, 0) is 9.47 Å². The Morgan fingerprint density at radius 1 is 0.700 bits per heavy atom. The molecule has 16 heteroatoms. The minimum absolute atomic E-state index is 0.141. The lowest BCUT2D eigenvalue weighted by Crippen LogP contribution is -2.32. The average molecular weight is 424 g/mol. The fourth-order valence-corrected chi connectivity index (χ4v) is 3.62. The van der Waals surface area contributed by atoms with Gasteiger partial charge in [0.05, 0.1) is 13.2 Å². The van der Waals surface area contributed by atoms with E-state index in [0.29, 0.717) is 0 Å². The Kier molecular flexibility index (Phi) is 4.43. The molecule has 16 nitrogen and oxygen atoms in total. The summed E-state index contributed by atoms with van der Waals surface area (Å²) < 4.78 is 13.0. The molecule has 0 amide bonds. The summed E-state index contributed by atoms with van der Waals surface area (Å²) >= 11 is 0. The highest BCUT2D eigenvalue weighted by molar-refractivity contribution is 5.99. The van der Waals surface area contributed by atoms with Crippen molar-refractivity contribution in [1.82, 2.24) is 30.0 Å². The second kappa shape index (κ2) is 6.85. The fourth-order valence-electron chi connectivity index (χ4n) is 3.62. The van der Waals surface area contributed by atoms with Crippen molar-refractivity contribution < 1.29 is 49.1 Å². The molecule has 0 spiro atoms. The van der Waals surface area contributed by atoms with Crippen molar-refractivity contribution in [2.24, 2.45) is 0 Å². The molecule has 2 fully saturated rings. The van der Waals surface area contributed by atoms with Crippen LogP contribution in [0.4, 0.5) is 0 Å². The molecule has 0 radical (unpaired) electrons. The lowest BCUT2D eigenvalue weighted by atomic mass is 10.1. The zero-order valence-electron chi connectivity index (χ0n) is 14.6. The Balaban J connectivity index is 1.68. The monoisotopic (exact) mass is 424 g/mol. The summed E-state index contributed by atoms with van der Waals surface area (Å²) in [7, 11) is 0. The van der Waals surface area contributed by atoms with E-state index in [9.17, 15) is 29.4 Å². The molecule has 0 bridgehead atoms. The summed E-state index contributed by atoms with van der Waals surface area (Å²) in [4.78, 5) is 45.5. The van der Waals surface area contributed by atoms with Gasteiger partial charge in [0.2, 0.25) is 11.4 Å². The zero-order chi connectivity index (χ0) is 21.7. The van der Waals surface area contributed by atoms with Crippen LogP contribution in [-0.4, -0.2) is 99.7 Å². The quantitative estimate of drug-likeness (QED) is 0.403. The van der Waals surface area contributed by atoms with Crippen LogP contribution >= 0.6 is 0 Å². The first-order valence-electron chi connectivity index (χ1n) is 8.29. The van der Waals surface area contributed by atoms with Crippen LogP contribution in [0.15, 0.2) is 0 Å². The molecule has 0 aromatic carbocycles. The van der Waals surface area contributed by atoms with Crippen LogP contribution < -0.4 is 0 Å². The molecule has 4 heterocycles. The molecule has 2 aliphatic rings. The highest BCUT2D eigenvalue weighted by Gasteiger charge is 2.52. The molecule has 4 unspecified atom stereocenters. The molecule has 2 aliphatic heterocycles. The molecule has 4 N–H and O–H groups in total. The third kappa shape index (κ3) is 2.77. The van der Waals surface area contributed by atoms with Crippen molar-refractivity contribution in [3.05, 3.63) is 22.8 Å². The van der Waals surface area contributed by atoms with E-state index in [-0.39, 0.29) is 13.2 Å². The summed E-state index contributed by atoms with van der Waals surface area (Å²) in [6, 6.07) is -1.75. The minimum atomic E-state index is -1.57. The van der Waals surface area contributed by atoms with Crippen LogP contribution in [0.2, 0.25) is 0 Å². The molecule has 2 aromatic rings. The SMILES string of the molecule is O=C(O)c1nnn(C2COC3C2OCC3n2nnc(C(=O)O)c2C(=O)O)c1C(=O)O. The van der Waals surface area contributed by atoms with Crippen molar-refractivity contribution in [3.8, 4) is 0 Å². The number of carboxylic acids is 4. The molecule has 0 aliphatic carbocycles. The van der Waals surface area contributed by atoms with Gasteiger partial charge in [0.1, 0.15) is 24.3 Å². The molecule has 0 saturated carbocycles. The lowest BCUT2D eigenvalue weighted by molar-refractivity contribution is 0.0564. The standard InChI is InChI=1S/C14H12N6O10/c21-11(22)5-7(13(25)26)19(17-15-5)3-1-29-10-4(2-30-9(3)10)20-8(14(27)28)6(12(23)24)16-18-20/h3-4,9-10H,1-2H2,(H,21,22)(H,23,24)(H,25,26)(H,27,28). The summed E-state index contributed by atoms with van der Waals surface area (Å²) in [5.74, 6) is -6.28. The topological polar surface area (TPSA) is 229 Å². The number of nitrogens with zero attached hydrogens (tertiary/aromatic N) is 6. The Morgan fingerprint density at radius 2 is 1.07 bits per heavy atom. The minimum Gasteiger partial charge on any atom is -0.476 e. The fraction of sp³-hybridized carbons (Fsp3) is 0.429. The third-order valence-electron chi connectivity index (χ3n) is 4.83. The highest BCUT2D eigenvalue weighted by atomic mass is 16.6. The van der Waals surface area contributed by atoms with E-state index in [1.54, 1.807) is 0 Å². The van der Waals surface area contributed by atoms with Gasteiger partial charge >= 0.3 is 23.9 Å². The Morgan fingerprint density at radius 3 is 1.37 bits per heavy atom. The normalized spacial score (nSPS) is 25.2. The van der Waals surface area contributed by atoms with E-state index in [0.717, 1.165) is 9.36 Å². The van der Waals surface area contributed by atoms with Gasteiger partial charge in [0.25, 0.3) is 0 Å². The average Bonchev–Trinajstić information content (AvgIpc) is 3.41. The summed E-state index contributed by atoms with van der Waals surface area (Å²) in [5, 5.41) is 51.0. The van der Waals surface area contributed by atoms with Gasteiger partial charge in [-0.15, -0.1) is 10.2 Å². The Bertz CT molecular complexity index is 991. The number of aromatic nitrogens is 6. The van der Waals surface area contributed by atoms with E-state index >= 15 is 0 Å². The number of hydrogen-bond acceptors (Lipinski definition) is 10. The van der Waals surface area contributed by atoms with E-state index in [4.69, 9.17) is 19.7 Å². The number of carbonyl (C=O) groups is 4. The van der Waals surface area contributed by atoms with Crippen LogP contribution in [0.1, 0.15) is 54.0 Å². The molecule has 4 rings (SSSR count). The number of fused-ring (bicyclic) bond motifs is 1. The van der Waals surface area contributed by atoms with E-state index in [1.807, 2.05) is 0 Å². The van der Waals surface area contributed by atoms with E-state index < -0.39 is 70.9 Å². The van der Waals surface area contributed by atoms with Gasteiger partial charge in [-0.1, -0.05) is 10.4 Å². The van der Waals surface area contributed by atoms with Gasteiger partial charge in [-0.05, 0) is 0 Å². The number of rotatable bonds is 6. The molecule has 2 aromatic heterocycles.